The van der Waals surface area contributed by atoms with Crippen molar-refractivity contribution < 1.29 is 23.8 Å². The highest BCUT2D eigenvalue weighted by molar-refractivity contribution is 7.14. The van der Waals surface area contributed by atoms with E-state index in [4.69, 9.17) is 14.2 Å². The molecule has 0 spiro atoms. The van der Waals surface area contributed by atoms with Crippen molar-refractivity contribution in [1.29, 1.82) is 0 Å². The lowest BCUT2D eigenvalue weighted by molar-refractivity contribution is -0.125. The van der Waals surface area contributed by atoms with Crippen molar-refractivity contribution in [1.82, 2.24) is 4.98 Å². The summed E-state index contributed by atoms with van der Waals surface area (Å²) in [5.41, 5.74) is 2.58. The minimum absolute atomic E-state index is 0.107. The van der Waals surface area contributed by atoms with Crippen molar-refractivity contribution in [2.75, 3.05) is 31.5 Å². The monoisotopic (exact) mass is 439 g/mol. The molecule has 0 fully saturated rings. The molecule has 0 saturated carbocycles. The molecule has 0 aliphatic carbocycles. The summed E-state index contributed by atoms with van der Waals surface area (Å²) in [4.78, 5) is 31.0. The average molecular weight is 439 g/mol. The van der Waals surface area contributed by atoms with Gasteiger partial charge in [0.15, 0.2) is 11.2 Å². The molecule has 1 aromatic heterocycles. The van der Waals surface area contributed by atoms with Crippen LogP contribution < -0.4 is 24.4 Å². The Balaban J connectivity index is 1.56. The maximum Gasteiger partial charge on any atom is 0.267 e. The van der Waals surface area contributed by atoms with Crippen LogP contribution in [0.5, 0.6) is 17.2 Å². The van der Waals surface area contributed by atoms with E-state index in [9.17, 15) is 9.59 Å². The highest BCUT2D eigenvalue weighted by Gasteiger charge is 2.29. The van der Waals surface area contributed by atoms with Crippen molar-refractivity contribution in [2.24, 2.45) is 0 Å². The Kier molecular flexibility index (Phi) is 5.51. The van der Waals surface area contributed by atoms with Gasteiger partial charge in [0.1, 0.15) is 17.2 Å². The summed E-state index contributed by atoms with van der Waals surface area (Å²) < 4.78 is 16.1. The van der Waals surface area contributed by atoms with E-state index in [1.165, 1.54) is 25.6 Å². The number of hydrogen-bond acceptors (Lipinski definition) is 7. The number of aromatic nitrogens is 1. The molecule has 160 valence electrons. The van der Waals surface area contributed by atoms with Crippen LogP contribution in [-0.2, 0) is 4.79 Å². The summed E-state index contributed by atoms with van der Waals surface area (Å²) in [5, 5.41) is 5.10. The van der Waals surface area contributed by atoms with Crippen LogP contribution in [0.1, 0.15) is 17.3 Å². The van der Waals surface area contributed by atoms with Gasteiger partial charge in [-0.1, -0.05) is 0 Å². The summed E-state index contributed by atoms with van der Waals surface area (Å²) in [6, 6.07) is 10.5. The van der Waals surface area contributed by atoms with Crippen molar-refractivity contribution >= 4 is 34.0 Å². The quantitative estimate of drug-likeness (QED) is 0.650. The molecular formula is C22H21N3O5S. The number of thiazole rings is 1. The predicted octanol–water partition coefficient (Wildman–Crippen LogP) is 3.82. The van der Waals surface area contributed by atoms with Gasteiger partial charge in [-0.25, -0.2) is 4.98 Å². The van der Waals surface area contributed by atoms with Gasteiger partial charge >= 0.3 is 0 Å². The summed E-state index contributed by atoms with van der Waals surface area (Å²) in [6.07, 6.45) is -0.514. The van der Waals surface area contributed by atoms with Gasteiger partial charge in [-0.15, -0.1) is 11.3 Å². The van der Waals surface area contributed by atoms with Crippen LogP contribution in [0.3, 0.4) is 0 Å². The van der Waals surface area contributed by atoms with E-state index in [1.807, 2.05) is 23.6 Å². The maximum absolute atomic E-state index is 12.7. The third-order valence-electron chi connectivity index (χ3n) is 4.94. The average Bonchev–Trinajstić information content (AvgIpc) is 3.25. The lowest BCUT2D eigenvalue weighted by atomic mass is 10.1. The van der Waals surface area contributed by atoms with Gasteiger partial charge in [0, 0.05) is 29.6 Å². The Bertz CT molecular complexity index is 1140. The van der Waals surface area contributed by atoms with E-state index >= 15 is 0 Å². The van der Waals surface area contributed by atoms with E-state index < -0.39 is 6.10 Å². The maximum atomic E-state index is 12.7. The summed E-state index contributed by atoms with van der Waals surface area (Å²) in [6.45, 7) is 1.73. The second-order valence-electron chi connectivity index (χ2n) is 6.93. The van der Waals surface area contributed by atoms with E-state index in [0.29, 0.717) is 39.3 Å². The Morgan fingerprint density at radius 1 is 1.16 bits per heavy atom. The predicted molar refractivity (Wildman–Crippen MR) is 119 cm³/mol. The van der Waals surface area contributed by atoms with Crippen LogP contribution in [0.4, 0.5) is 10.8 Å². The van der Waals surface area contributed by atoms with Crippen LogP contribution in [-0.4, -0.2) is 44.2 Å². The normalized spacial score (nSPS) is 15.2. The minimum Gasteiger partial charge on any atom is -0.497 e. The Morgan fingerprint density at radius 2 is 1.87 bits per heavy atom. The molecule has 8 nitrogen and oxygen atoms in total. The first-order valence-corrected chi connectivity index (χ1v) is 10.4. The molecule has 31 heavy (non-hydrogen) atoms. The molecule has 1 N–H and O–H groups in total. The van der Waals surface area contributed by atoms with E-state index in [1.54, 1.807) is 37.1 Å². The largest absolute Gasteiger partial charge is 0.497 e. The van der Waals surface area contributed by atoms with Gasteiger partial charge in [-0.2, -0.15) is 0 Å². The fourth-order valence-corrected chi connectivity index (χ4v) is 3.96. The van der Waals surface area contributed by atoms with Gasteiger partial charge in [-0.3, -0.25) is 14.9 Å². The first-order chi connectivity index (χ1) is 14.9. The second-order valence-corrected chi connectivity index (χ2v) is 7.79. The molecule has 0 saturated heterocycles. The fourth-order valence-electron chi connectivity index (χ4n) is 3.24. The van der Waals surface area contributed by atoms with Crippen molar-refractivity contribution in [2.45, 2.75) is 13.0 Å². The highest BCUT2D eigenvalue weighted by atomic mass is 32.1. The number of ether oxygens (including phenoxy) is 3. The number of hydrogen-bond donors (Lipinski definition) is 1. The zero-order chi connectivity index (χ0) is 22.1. The van der Waals surface area contributed by atoms with Gasteiger partial charge < -0.3 is 19.1 Å². The van der Waals surface area contributed by atoms with Crippen molar-refractivity contribution in [3.05, 3.63) is 47.3 Å². The first kappa shape index (κ1) is 20.7. The summed E-state index contributed by atoms with van der Waals surface area (Å²) >= 11 is 1.31. The Hall–Kier alpha value is -3.59. The Morgan fingerprint density at radius 3 is 2.55 bits per heavy atom. The molecule has 1 aliphatic rings. The second kappa shape index (κ2) is 8.27. The minimum atomic E-state index is -0.514. The van der Waals surface area contributed by atoms with Gasteiger partial charge in [0.25, 0.3) is 11.8 Å². The zero-order valence-corrected chi connectivity index (χ0v) is 18.3. The zero-order valence-electron chi connectivity index (χ0n) is 17.5. The number of carbonyl (C=O) groups is 2. The smallest absolute Gasteiger partial charge is 0.267 e. The fraction of sp³-hybridized carbons (Fsp3) is 0.227. The molecule has 2 amide bonds. The van der Waals surface area contributed by atoms with Gasteiger partial charge in [0.2, 0.25) is 0 Å². The number of nitrogens with one attached hydrogen (secondary N) is 1. The molecule has 0 bridgehead atoms. The molecule has 2 aromatic carbocycles. The molecule has 0 radical (unpaired) electrons. The number of rotatable bonds is 5. The number of nitrogens with zero attached hydrogens (tertiary/aromatic N) is 2. The summed E-state index contributed by atoms with van der Waals surface area (Å²) in [5.74, 6) is 1.26. The van der Waals surface area contributed by atoms with Crippen LogP contribution in [0.25, 0.3) is 11.3 Å². The third-order valence-corrected chi connectivity index (χ3v) is 5.69. The van der Waals surface area contributed by atoms with Crippen LogP contribution >= 0.6 is 11.3 Å². The van der Waals surface area contributed by atoms with Gasteiger partial charge in [0.05, 0.1) is 25.6 Å². The number of likely N-dealkylation sites (N-methyl/N-ethyl adjacent to an activating group) is 1. The number of carbonyl (C=O) groups excluding carboxylic acids is 2. The Labute approximate surface area is 183 Å². The highest BCUT2D eigenvalue weighted by Crippen LogP contribution is 2.37. The van der Waals surface area contributed by atoms with Crippen molar-refractivity contribution in [3.63, 3.8) is 0 Å². The molecule has 4 rings (SSSR count). The lowest BCUT2D eigenvalue weighted by Crippen LogP contribution is -2.41. The van der Waals surface area contributed by atoms with E-state index in [-0.39, 0.29) is 11.8 Å². The summed E-state index contributed by atoms with van der Waals surface area (Å²) in [7, 11) is 4.77. The van der Waals surface area contributed by atoms with Gasteiger partial charge in [-0.05, 0) is 37.3 Å². The topological polar surface area (TPSA) is 90.0 Å². The van der Waals surface area contributed by atoms with Crippen molar-refractivity contribution in [3.8, 4) is 28.5 Å². The van der Waals surface area contributed by atoms with Crippen LogP contribution in [0.15, 0.2) is 41.8 Å². The van der Waals surface area contributed by atoms with E-state index in [2.05, 4.69) is 10.3 Å². The molecule has 0 unspecified atom stereocenters. The third kappa shape index (κ3) is 4.04. The van der Waals surface area contributed by atoms with Crippen LogP contribution in [0.2, 0.25) is 0 Å². The molecule has 2 heterocycles. The molecule has 3 aromatic rings. The number of fused-ring (bicyclic) bond motifs is 1. The number of anilines is 2. The number of benzene rings is 2. The standard InChI is InChI=1S/C22H21N3O5S/c1-12-21(27)25(2)18-9-13(5-6-19(18)30-12)17-11-31-22(23-17)24-20(26)14-7-15(28-3)10-16(8-14)29-4/h5-12H,1-4H3,(H,23,24,26)/t12-/m0/s1. The SMILES string of the molecule is COc1cc(OC)cc(C(=O)Nc2nc(-c3ccc4c(c3)N(C)C(=O)[C@H](C)O4)cs2)c1. The lowest BCUT2D eigenvalue weighted by Gasteiger charge is -2.30. The van der Waals surface area contributed by atoms with E-state index in [0.717, 1.165) is 5.56 Å². The molecule has 1 aliphatic heterocycles. The molecule has 9 heteroatoms. The first-order valence-electron chi connectivity index (χ1n) is 9.48. The molecule has 1 atom stereocenters. The number of amides is 2. The van der Waals surface area contributed by atoms with Crippen LogP contribution in [0, 0.1) is 0 Å². The molecular weight excluding hydrogens is 418 g/mol. The number of methoxy groups -OCH3 is 2.